The first-order valence-electron chi connectivity index (χ1n) is 7.76. The maximum atomic E-state index is 11.9. The van der Waals surface area contributed by atoms with Crippen LogP contribution in [0.2, 0.25) is 0 Å². The second-order valence-corrected chi connectivity index (χ2v) is 5.83. The largest absolute Gasteiger partial charge is 0.444 e. The number of alkyl halides is 1. The molecule has 2 aromatic carbocycles. The lowest BCUT2D eigenvalue weighted by atomic mass is 10.1. The summed E-state index contributed by atoms with van der Waals surface area (Å²) in [6.45, 7) is -0.0527. The molecule has 1 amide bonds. The van der Waals surface area contributed by atoms with Crippen molar-refractivity contribution in [1.82, 2.24) is 0 Å². The molecule has 0 saturated heterocycles. The quantitative estimate of drug-likeness (QED) is 0.303. The molecule has 0 aliphatic rings. The Morgan fingerprint density at radius 1 is 1.19 bits per heavy atom. The number of nitro groups is 1. The van der Waals surface area contributed by atoms with E-state index in [1.807, 2.05) is 0 Å². The SMILES string of the molecule is O=C(Nc1ccc2c(CCl)cc(=O)oc2c1)OCc1ccc([N+](=O)[O-])cc1. The average molecular weight is 389 g/mol. The van der Waals surface area contributed by atoms with Gasteiger partial charge in [0, 0.05) is 41.2 Å². The number of nitrogens with zero attached hydrogens (tertiary/aromatic N) is 1. The summed E-state index contributed by atoms with van der Waals surface area (Å²) in [6, 6.07) is 11.8. The van der Waals surface area contributed by atoms with Crippen molar-refractivity contribution in [3.05, 3.63) is 80.2 Å². The Morgan fingerprint density at radius 2 is 1.93 bits per heavy atom. The Kier molecular flexibility index (Phi) is 5.37. The highest BCUT2D eigenvalue weighted by Crippen LogP contribution is 2.22. The van der Waals surface area contributed by atoms with Gasteiger partial charge in [-0.15, -0.1) is 11.6 Å². The molecule has 0 radical (unpaired) electrons. The number of carbonyl (C=O) groups is 1. The molecule has 1 N–H and O–H groups in total. The van der Waals surface area contributed by atoms with Crippen LogP contribution < -0.4 is 10.9 Å². The van der Waals surface area contributed by atoms with Gasteiger partial charge in [0.05, 0.1) is 4.92 Å². The normalized spacial score (nSPS) is 10.6. The van der Waals surface area contributed by atoms with Gasteiger partial charge in [-0.05, 0) is 35.4 Å². The minimum Gasteiger partial charge on any atom is -0.444 e. The second-order valence-electron chi connectivity index (χ2n) is 5.56. The Balaban J connectivity index is 1.67. The molecule has 0 aliphatic heterocycles. The van der Waals surface area contributed by atoms with Crippen molar-refractivity contribution >= 4 is 40.0 Å². The topological polar surface area (TPSA) is 112 Å². The third-order valence-electron chi connectivity index (χ3n) is 3.74. The molecule has 0 atom stereocenters. The number of anilines is 1. The van der Waals surface area contributed by atoms with Crippen molar-refractivity contribution in [3.8, 4) is 0 Å². The number of nitro benzene ring substituents is 1. The number of halogens is 1. The molecule has 3 rings (SSSR count). The maximum absolute atomic E-state index is 11.9. The molecule has 1 heterocycles. The monoisotopic (exact) mass is 388 g/mol. The molecule has 0 aliphatic carbocycles. The predicted octanol–water partition coefficient (Wildman–Crippen LogP) is 4.19. The van der Waals surface area contributed by atoms with Crippen LogP contribution in [0.1, 0.15) is 11.1 Å². The number of fused-ring (bicyclic) bond motifs is 1. The first-order valence-corrected chi connectivity index (χ1v) is 8.29. The van der Waals surface area contributed by atoms with E-state index in [0.29, 0.717) is 27.8 Å². The van der Waals surface area contributed by atoms with Crippen LogP contribution in [0.3, 0.4) is 0 Å². The zero-order chi connectivity index (χ0) is 19.4. The van der Waals surface area contributed by atoms with Gasteiger partial charge in [-0.3, -0.25) is 15.4 Å². The van der Waals surface area contributed by atoms with E-state index < -0.39 is 16.6 Å². The highest BCUT2D eigenvalue weighted by molar-refractivity contribution is 6.18. The molecule has 0 saturated carbocycles. The van der Waals surface area contributed by atoms with Gasteiger partial charge in [-0.2, -0.15) is 0 Å². The first kappa shape index (κ1) is 18.4. The third-order valence-corrected chi connectivity index (χ3v) is 4.03. The fourth-order valence-electron chi connectivity index (χ4n) is 2.43. The molecule has 0 fully saturated rings. The van der Waals surface area contributed by atoms with E-state index in [1.165, 1.54) is 36.4 Å². The first-order chi connectivity index (χ1) is 13.0. The molecular weight excluding hydrogens is 376 g/mol. The van der Waals surface area contributed by atoms with Crippen molar-refractivity contribution in [2.75, 3.05) is 5.32 Å². The lowest BCUT2D eigenvalue weighted by Crippen LogP contribution is -2.13. The fraction of sp³-hybridized carbons (Fsp3) is 0.111. The molecule has 8 nitrogen and oxygen atoms in total. The van der Waals surface area contributed by atoms with Crippen molar-refractivity contribution < 1.29 is 18.9 Å². The number of rotatable bonds is 5. The molecule has 0 bridgehead atoms. The van der Waals surface area contributed by atoms with Gasteiger partial charge in [0.1, 0.15) is 12.2 Å². The van der Waals surface area contributed by atoms with Crippen molar-refractivity contribution in [2.24, 2.45) is 0 Å². The van der Waals surface area contributed by atoms with E-state index in [-0.39, 0.29) is 18.2 Å². The minimum atomic E-state index is -0.719. The van der Waals surface area contributed by atoms with Crippen LogP contribution in [0.15, 0.2) is 57.7 Å². The summed E-state index contributed by atoms with van der Waals surface area (Å²) >= 11 is 5.82. The zero-order valence-electron chi connectivity index (χ0n) is 13.8. The van der Waals surface area contributed by atoms with E-state index in [4.69, 9.17) is 20.8 Å². The standard InChI is InChI=1S/C18H13ClN2O6/c19-9-12-7-17(22)27-16-8-13(3-6-15(12)16)20-18(23)26-10-11-1-4-14(5-2-11)21(24)25/h1-8H,9-10H2,(H,20,23). The van der Waals surface area contributed by atoms with Crippen molar-refractivity contribution in [3.63, 3.8) is 0 Å². The number of benzene rings is 2. The van der Waals surface area contributed by atoms with Crippen LogP contribution in [0.4, 0.5) is 16.2 Å². The van der Waals surface area contributed by atoms with Crippen molar-refractivity contribution in [1.29, 1.82) is 0 Å². The number of hydrogen-bond acceptors (Lipinski definition) is 6. The lowest BCUT2D eigenvalue weighted by Gasteiger charge is -2.08. The van der Waals surface area contributed by atoms with Crippen LogP contribution in [0.25, 0.3) is 11.0 Å². The summed E-state index contributed by atoms with van der Waals surface area (Å²) in [7, 11) is 0. The van der Waals surface area contributed by atoms with E-state index in [9.17, 15) is 19.7 Å². The molecule has 0 unspecified atom stereocenters. The van der Waals surface area contributed by atoms with Crippen LogP contribution in [0.5, 0.6) is 0 Å². The summed E-state index contributed by atoms with van der Waals surface area (Å²) in [5, 5.41) is 13.8. The lowest BCUT2D eigenvalue weighted by molar-refractivity contribution is -0.384. The zero-order valence-corrected chi connectivity index (χ0v) is 14.6. The highest BCUT2D eigenvalue weighted by Gasteiger charge is 2.09. The van der Waals surface area contributed by atoms with Gasteiger partial charge >= 0.3 is 11.7 Å². The van der Waals surface area contributed by atoms with E-state index in [1.54, 1.807) is 12.1 Å². The molecular formula is C18H13ClN2O6. The van der Waals surface area contributed by atoms with Gasteiger partial charge in [0.25, 0.3) is 5.69 Å². The van der Waals surface area contributed by atoms with Gasteiger partial charge < -0.3 is 9.15 Å². The van der Waals surface area contributed by atoms with Crippen LogP contribution in [0, 0.1) is 10.1 Å². The van der Waals surface area contributed by atoms with Crippen molar-refractivity contribution in [2.45, 2.75) is 12.5 Å². The predicted molar refractivity (Wildman–Crippen MR) is 98.9 cm³/mol. The van der Waals surface area contributed by atoms with E-state index >= 15 is 0 Å². The summed E-state index contributed by atoms with van der Waals surface area (Å²) in [4.78, 5) is 33.6. The number of amides is 1. The molecule has 138 valence electrons. The molecule has 1 aromatic heterocycles. The van der Waals surface area contributed by atoms with Crippen LogP contribution in [-0.4, -0.2) is 11.0 Å². The summed E-state index contributed by atoms with van der Waals surface area (Å²) < 4.78 is 10.2. The van der Waals surface area contributed by atoms with E-state index in [0.717, 1.165) is 0 Å². The fourth-order valence-corrected chi connectivity index (χ4v) is 2.66. The van der Waals surface area contributed by atoms with Crippen LogP contribution >= 0.6 is 11.6 Å². The Labute approximate surface area is 157 Å². The summed E-state index contributed by atoms with van der Waals surface area (Å²) in [5.74, 6) is 0.159. The Bertz CT molecular complexity index is 1060. The summed E-state index contributed by atoms with van der Waals surface area (Å²) in [6.07, 6.45) is -0.719. The second kappa shape index (κ2) is 7.88. The smallest absolute Gasteiger partial charge is 0.411 e. The average Bonchev–Trinajstić information content (AvgIpc) is 2.65. The molecule has 27 heavy (non-hydrogen) atoms. The maximum Gasteiger partial charge on any atom is 0.411 e. The van der Waals surface area contributed by atoms with Gasteiger partial charge in [0.15, 0.2) is 0 Å². The molecule has 3 aromatic rings. The number of ether oxygens (including phenoxy) is 1. The van der Waals surface area contributed by atoms with Gasteiger partial charge in [-0.25, -0.2) is 9.59 Å². The summed E-state index contributed by atoms with van der Waals surface area (Å²) in [5.41, 5.74) is 1.34. The van der Waals surface area contributed by atoms with Crippen LogP contribution in [-0.2, 0) is 17.2 Å². The molecule has 9 heteroatoms. The van der Waals surface area contributed by atoms with Gasteiger partial charge in [-0.1, -0.05) is 0 Å². The Morgan fingerprint density at radius 3 is 2.59 bits per heavy atom. The Hall–Kier alpha value is -3.39. The minimum absolute atomic E-state index is 0.0443. The van der Waals surface area contributed by atoms with E-state index in [2.05, 4.69) is 5.32 Å². The van der Waals surface area contributed by atoms with Gasteiger partial charge in [0.2, 0.25) is 0 Å². The third kappa shape index (κ3) is 4.42. The number of nitrogens with one attached hydrogen (secondary N) is 1. The highest BCUT2D eigenvalue weighted by atomic mass is 35.5. The number of non-ortho nitro benzene ring substituents is 1. The molecule has 0 spiro atoms. The number of hydrogen-bond donors (Lipinski definition) is 1. The number of carbonyl (C=O) groups excluding carboxylic acids is 1.